The van der Waals surface area contributed by atoms with Crippen LogP contribution in [0.2, 0.25) is 5.02 Å². The van der Waals surface area contributed by atoms with E-state index in [1.165, 1.54) is 10.4 Å². The maximum atomic E-state index is 12.3. The van der Waals surface area contributed by atoms with Crippen LogP contribution in [0, 0.1) is 6.92 Å². The number of aliphatic hydroxyl groups is 1. The Kier molecular flexibility index (Phi) is 3.45. The van der Waals surface area contributed by atoms with Crippen LogP contribution in [0.3, 0.4) is 0 Å². The first-order valence-corrected chi connectivity index (χ1v) is 7.18. The minimum atomic E-state index is -3.58. The van der Waals surface area contributed by atoms with Gasteiger partial charge in [0.1, 0.15) is 4.90 Å². The van der Waals surface area contributed by atoms with Crippen molar-refractivity contribution >= 4 is 21.6 Å². The summed E-state index contributed by atoms with van der Waals surface area (Å²) >= 11 is 6.02. The summed E-state index contributed by atoms with van der Waals surface area (Å²) in [4.78, 5) is 0.119. The Balaban J connectivity index is 2.42. The Labute approximate surface area is 106 Å². The van der Waals surface area contributed by atoms with Gasteiger partial charge in [0.25, 0.3) is 0 Å². The molecule has 1 fully saturated rings. The van der Waals surface area contributed by atoms with Crippen LogP contribution >= 0.6 is 11.6 Å². The van der Waals surface area contributed by atoms with Crippen LogP contribution in [-0.4, -0.2) is 37.0 Å². The molecule has 0 unspecified atom stereocenters. The van der Waals surface area contributed by atoms with Crippen molar-refractivity contribution < 1.29 is 13.5 Å². The molecule has 0 radical (unpaired) electrons. The van der Waals surface area contributed by atoms with Crippen molar-refractivity contribution in [2.45, 2.75) is 24.3 Å². The largest absolute Gasteiger partial charge is 0.392 e. The Bertz CT molecular complexity index is 530. The van der Waals surface area contributed by atoms with E-state index in [4.69, 9.17) is 11.6 Å². The Hall–Kier alpha value is -0.620. The van der Waals surface area contributed by atoms with Crippen LogP contribution in [0.1, 0.15) is 12.0 Å². The van der Waals surface area contributed by atoms with E-state index in [0.29, 0.717) is 13.0 Å². The van der Waals surface area contributed by atoms with Crippen LogP contribution in [0.4, 0.5) is 0 Å². The van der Waals surface area contributed by atoms with Gasteiger partial charge < -0.3 is 5.11 Å². The van der Waals surface area contributed by atoms with Gasteiger partial charge in [-0.15, -0.1) is 0 Å². The molecule has 94 valence electrons. The Morgan fingerprint density at radius 3 is 2.76 bits per heavy atom. The third-order valence-corrected chi connectivity index (χ3v) is 5.42. The number of hydrogen-bond acceptors (Lipinski definition) is 3. The van der Waals surface area contributed by atoms with Gasteiger partial charge in [-0.2, -0.15) is 4.31 Å². The van der Waals surface area contributed by atoms with E-state index in [2.05, 4.69) is 0 Å². The number of aryl methyl sites for hydroxylation is 1. The molecule has 4 nitrogen and oxygen atoms in total. The average molecular weight is 276 g/mol. The second-order valence-electron chi connectivity index (χ2n) is 4.19. The first-order chi connectivity index (χ1) is 7.93. The highest BCUT2D eigenvalue weighted by Gasteiger charge is 2.32. The molecule has 0 spiro atoms. The maximum Gasteiger partial charge on any atom is 0.244 e. The van der Waals surface area contributed by atoms with Crippen molar-refractivity contribution in [3.8, 4) is 0 Å². The number of aliphatic hydroxyl groups excluding tert-OH is 1. The van der Waals surface area contributed by atoms with Gasteiger partial charge in [0.15, 0.2) is 0 Å². The zero-order chi connectivity index (χ0) is 12.6. The molecule has 2 rings (SSSR count). The molecule has 0 aromatic heterocycles. The van der Waals surface area contributed by atoms with Crippen LogP contribution in [0.5, 0.6) is 0 Å². The van der Waals surface area contributed by atoms with Crippen LogP contribution < -0.4 is 0 Å². The monoisotopic (exact) mass is 275 g/mol. The quantitative estimate of drug-likeness (QED) is 0.888. The molecule has 1 aromatic carbocycles. The molecule has 17 heavy (non-hydrogen) atoms. The molecule has 0 saturated carbocycles. The summed E-state index contributed by atoms with van der Waals surface area (Å²) in [5.41, 5.74) is 0.729. The van der Waals surface area contributed by atoms with E-state index in [-0.39, 0.29) is 16.5 Å². The fourth-order valence-electron chi connectivity index (χ4n) is 1.89. The molecule has 1 aliphatic rings. The van der Waals surface area contributed by atoms with Crippen LogP contribution in [-0.2, 0) is 10.0 Å². The van der Waals surface area contributed by atoms with Crippen molar-refractivity contribution in [1.29, 1.82) is 0 Å². The van der Waals surface area contributed by atoms with Gasteiger partial charge in [-0.3, -0.25) is 0 Å². The maximum absolute atomic E-state index is 12.3. The predicted molar refractivity (Wildman–Crippen MR) is 65.6 cm³/mol. The van der Waals surface area contributed by atoms with Crippen molar-refractivity contribution in [3.63, 3.8) is 0 Å². The van der Waals surface area contributed by atoms with E-state index in [0.717, 1.165) is 5.56 Å². The minimum absolute atomic E-state index is 0.119. The van der Waals surface area contributed by atoms with Crippen LogP contribution in [0.25, 0.3) is 0 Å². The molecule has 1 aliphatic heterocycles. The number of benzene rings is 1. The third-order valence-electron chi connectivity index (χ3n) is 2.90. The Morgan fingerprint density at radius 1 is 1.47 bits per heavy atom. The first kappa shape index (κ1) is 12.8. The molecule has 1 atom stereocenters. The summed E-state index contributed by atoms with van der Waals surface area (Å²) in [6.45, 7) is 2.25. The lowest BCUT2D eigenvalue weighted by Crippen LogP contribution is -2.30. The van der Waals surface area contributed by atoms with E-state index in [1.54, 1.807) is 19.1 Å². The highest BCUT2D eigenvalue weighted by molar-refractivity contribution is 7.89. The zero-order valence-corrected chi connectivity index (χ0v) is 11.0. The summed E-state index contributed by atoms with van der Waals surface area (Å²) in [5, 5.41) is 9.65. The van der Waals surface area contributed by atoms with Crippen LogP contribution in [0.15, 0.2) is 23.1 Å². The molecule has 1 aromatic rings. The molecule has 1 heterocycles. The van der Waals surface area contributed by atoms with Gasteiger partial charge in [0.2, 0.25) is 10.0 Å². The minimum Gasteiger partial charge on any atom is -0.392 e. The molecule has 0 aliphatic carbocycles. The highest BCUT2D eigenvalue weighted by atomic mass is 35.5. The number of sulfonamides is 1. The lowest BCUT2D eigenvalue weighted by molar-refractivity contribution is 0.189. The van der Waals surface area contributed by atoms with Crippen molar-refractivity contribution in [2.75, 3.05) is 13.1 Å². The third kappa shape index (κ3) is 2.33. The number of hydrogen-bond donors (Lipinski definition) is 1. The molecular weight excluding hydrogens is 262 g/mol. The first-order valence-electron chi connectivity index (χ1n) is 5.36. The average Bonchev–Trinajstić information content (AvgIpc) is 2.69. The number of nitrogens with zero attached hydrogens (tertiary/aromatic N) is 1. The normalized spacial score (nSPS) is 21.9. The van der Waals surface area contributed by atoms with E-state index in [9.17, 15) is 13.5 Å². The van der Waals surface area contributed by atoms with E-state index < -0.39 is 16.1 Å². The molecule has 1 saturated heterocycles. The van der Waals surface area contributed by atoms with Gasteiger partial charge in [-0.05, 0) is 25.0 Å². The van der Waals surface area contributed by atoms with Crippen molar-refractivity contribution in [2.24, 2.45) is 0 Å². The van der Waals surface area contributed by atoms with Gasteiger partial charge in [-0.1, -0.05) is 23.7 Å². The smallest absolute Gasteiger partial charge is 0.244 e. The molecule has 6 heteroatoms. The van der Waals surface area contributed by atoms with Gasteiger partial charge in [-0.25, -0.2) is 8.42 Å². The highest BCUT2D eigenvalue weighted by Crippen LogP contribution is 2.29. The van der Waals surface area contributed by atoms with Crippen molar-refractivity contribution in [3.05, 3.63) is 28.8 Å². The SMILES string of the molecule is Cc1cccc(S(=O)(=O)N2CC[C@H](O)C2)c1Cl. The molecular formula is C11H14ClNO3S. The summed E-state index contributed by atoms with van der Waals surface area (Å²) in [5.74, 6) is 0. The topological polar surface area (TPSA) is 57.6 Å². The molecule has 1 N–H and O–H groups in total. The standard InChI is InChI=1S/C11H14ClNO3S/c1-8-3-2-4-10(11(8)12)17(15,16)13-6-5-9(14)7-13/h2-4,9,14H,5-7H2,1H3/t9-/m0/s1. The lowest BCUT2D eigenvalue weighted by atomic mass is 10.2. The van der Waals surface area contributed by atoms with Gasteiger partial charge in [0.05, 0.1) is 11.1 Å². The van der Waals surface area contributed by atoms with Gasteiger partial charge >= 0.3 is 0 Å². The Morgan fingerprint density at radius 2 is 2.18 bits per heavy atom. The van der Waals surface area contributed by atoms with Gasteiger partial charge in [0, 0.05) is 13.1 Å². The molecule has 0 bridgehead atoms. The summed E-state index contributed by atoms with van der Waals surface area (Å²) in [6.07, 6.45) is -0.101. The fraction of sp³-hybridized carbons (Fsp3) is 0.455. The lowest BCUT2D eigenvalue weighted by Gasteiger charge is -2.17. The summed E-state index contributed by atoms with van der Waals surface area (Å²) in [6, 6.07) is 4.93. The second-order valence-corrected chi connectivity index (χ2v) is 6.48. The number of β-amino-alcohol motifs (C(OH)–C–C–N with tert-alkyl or cyclic N) is 1. The summed E-state index contributed by atoms with van der Waals surface area (Å²) in [7, 11) is -3.58. The van der Waals surface area contributed by atoms with Crippen molar-refractivity contribution in [1.82, 2.24) is 4.31 Å². The second kappa shape index (κ2) is 4.57. The summed E-state index contributed by atoms with van der Waals surface area (Å²) < 4.78 is 25.8. The molecule has 0 amide bonds. The fourth-order valence-corrected chi connectivity index (χ4v) is 3.94. The predicted octanol–water partition coefficient (Wildman–Crippen LogP) is 1.40. The zero-order valence-electron chi connectivity index (χ0n) is 9.43. The van der Waals surface area contributed by atoms with E-state index >= 15 is 0 Å². The van der Waals surface area contributed by atoms with E-state index in [1.807, 2.05) is 0 Å². The number of rotatable bonds is 2. The number of halogens is 1.